The second-order valence-corrected chi connectivity index (χ2v) is 7.28. The van der Waals surface area contributed by atoms with Crippen LogP contribution in [0.4, 0.5) is 0 Å². The minimum atomic E-state index is -3.62. The fraction of sp³-hybridized carbons (Fsp3) is 0.455. The van der Waals surface area contributed by atoms with E-state index in [9.17, 15) is 8.42 Å². The number of benzene rings is 1. The molecule has 1 aromatic carbocycles. The lowest BCUT2D eigenvalue weighted by Gasteiger charge is -2.31. The maximum Gasteiger partial charge on any atom is 0.244 e. The van der Waals surface area contributed by atoms with Crippen LogP contribution in [0.15, 0.2) is 27.6 Å². The molecule has 0 aliphatic carbocycles. The van der Waals surface area contributed by atoms with E-state index in [1.807, 2.05) is 0 Å². The van der Waals surface area contributed by atoms with Gasteiger partial charge in [-0.3, -0.25) is 0 Å². The third-order valence-corrected chi connectivity index (χ3v) is 6.21. The average Bonchev–Trinajstić information content (AvgIpc) is 2.41. The summed E-state index contributed by atoms with van der Waals surface area (Å²) in [7, 11) is -3.62. The number of hydrogen-bond donors (Lipinski definition) is 1. The number of ether oxygens (including phenoxy) is 1. The van der Waals surface area contributed by atoms with Gasteiger partial charge in [-0.1, -0.05) is 17.7 Å². The molecule has 19 heavy (non-hydrogen) atoms. The van der Waals surface area contributed by atoms with E-state index in [-0.39, 0.29) is 29.1 Å². The van der Waals surface area contributed by atoms with Crippen LogP contribution in [0.2, 0.25) is 5.02 Å². The Morgan fingerprint density at radius 1 is 1.53 bits per heavy atom. The normalized spacial score (nSPS) is 21.5. The Morgan fingerprint density at radius 2 is 2.26 bits per heavy atom. The van der Waals surface area contributed by atoms with Crippen LogP contribution in [0.5, 0.6) is 0 Å². The second-order valence-electron chi connectivity index (χ2n) is 4.14. The Hall–Kier alpha value is -0.180. The molecule has 1 aliphatic heterocycles. The number of nitrogens with zero attached hydrogens (tertiary/aromatic N) is 1. The molecule has 1 saturated heterocycles. The third kappa shape index (κ3) is 3.12. The zero-order valence-electron chi connectivity index (χ0n) is 10.1. The summed E-state index contributed by atoms with van der Waals surface area (Å²) in [5, 5.41) is 0.193. The molecule has 0 bridgehead atoms. The molecular formula is C11H14BrClN2O3S. The van der Waals surface area contributed by atoms with Gasteiger partial charge in [0.25, 0.3) is 0 Å². The summed E-state index contributed by atoms with van der Waals surface area (Å²) in [6.07, 6.45) is -0.269. The average molecular weight is 370 g/mol. The first-order valence-electron chi connectivity index (χ1n) is 5.72. The van der Waals surface area contributed by atoms with Crippen LogP contribution in [-0.4, -0.2) is 45.1 Å². The Morgan fingerprint density at radius 3 is 2.95 bits per heavy atom. The molecule has 2 rings (SSSR count). The molecule has 106 valence electrons. The largest absolute Gasteiger partial charge is 0.374 e. The third-order valence-electron chi connectivity index (χ3n) is 2.90. The quantitative estimate of drug-likeness (QED) is 0.875. The number of sulfonamides is 1. The lowest BCUT2D eigenvalue weighted by atomic mass is 10.3. The van der Waals surface area contributed by atoms with Gasteiger partial charge in [0.1, 0.15) is 4.90 Å². The predicted molar refractivity (Wildman–Crippen MR) is 76.7 cm³/mol. The number of rotatable bonds is 3. The van der Waals surface area contributed by atoms with Crippen molar-refractivity contribution < 1.29 is 13.2 Å². The standard InChI is InChI=1S/C11H14BrClN2O3S/c12-9-2-1-3-10(11(9)13)19(16,17)15-4-5-18-8(6-14)7-15/h1-3,8H,4-7,14H2. The van der Waals surface area contributed by atoms with Gasteiger partial charge in [0.2, 0.25) is 10.0 Å². The summed E-state index contributed by atoms with van der Waals surface area (Å²) in [6, 6.07) is 4.84. The van der Waals surface area contributed by atoms with Gasteiger partial charge in [-0.25, -0.2) is 8.42 Å². The molecule has 8 heteroatoms. The fourth-order valence-corrected chi connectivity index (χ4v) is 4.33. The topological polar surface area (TPSA) is 72.6 Å². The van der Waals surface area contributed by atoms with E-state index < -0.39 is 10.0 Å². The van der Waals surface area contributed by atoms with Crippen molar-refractivity contribution in [1.29, 1.82) is 0 Å². The van der Waals surface area contributed by atoms with Gasteiger partial charge in [0, 0.05) is 24.1 Å². The smallest absolute Gasteiger partial charge is 0.244 e. The fourth-order valence-electron chi connectivity index (χ4n) is 1.88. The van der Waals surface area contributed by atoms with Gasteiger partial charge in [-0.15, -0.1) is 0 Å². The van der Waals surface area contributed by atoms with E-state index >= 15 is 0 Å². The zero-order valence-corrected chi connectivity index (χ0v) is 13.2. The molecule has 0 saturated carbocycles. The maximum absolute atomic E-state index is 12.5. The van der Waals surface area contributed by atoms with Gasteiger partial charge in [0.05, 0.1) is 17.7 Å². The van der Waals surface area contributed by atoms with Crippen LogP contribution in [0.3, 0.4) is 0 Å². The highest BCUT2D eigenvalue weighted by Crippen LogP contribution is 2.31. The van der Waals surface area contributed by atoms with E-state index in [1.165, 1.54) is 10.4 Å². The zero-order chi connectivity index (χ0) is 14.0. The van der Waals surface area contributed by atoms with Crippen molar-refractivity contribution in [1.82, 2.24) is 4.31 Å². The molecule has 0 amide bonds. The summed E-state index contributed by atoms with van der Waals surface area (Å²) < 4.78 is 32.4. The van der Waals surface area contributed by atoms with Crippen molar-refractivity contribution in [3.05, 3.63) is 27.7 Å². The van der Waals surface area contributed by atoms with Crippen molar-refractivity contribution in [2.75, 3.05) is 26.2 Å². The van der Waals surface area contributed by atoms with Crippen LogP contribution in [-0.2, 0) is 14.8 Å². The van der Waals surface area contributed by atoms with E-state index in [4.69, 9.17) is 22.1 Å². The van der Waals surface area contributed by atoms with Crippen LogP contribution in [0.1, 0.15) is 0 Å². The van der Waals surface area contributed by atoms with Crippen LogP contribution in [0, 0.1) is 0 Å². The van der Waals surface area contributed by atoms with Gasteiger partial charge in [-0.05, 0) is 28.1 Å². The van der Waals surface area contributed by atoms with Crippen LogP contribution >= 0.6 is 27.5 Å². The SMILES string of the molecule is NCC1CN(S(=O)(=O)c2cccc(Br)c2Cl)CCO1. The van der Waals surface area contributed by atoms with Gasteiger partial charge >= 0.3 is 0 Å². The first kappa shape index (κ1) is 15.2. The second kappa shape index (κ2) is 6.07. The molecule has 0 radical (unpaired) electrons. The molecule has 0 spiro atoms. The van der Waals surface area contributed by atoms with Gasteiger partial charge < -0.3 is 10.5 Å². The van der Waals surface area contributed by atoms with Crippen molar-refractivity contribution in [3.63, 3.8) is 0 Å². The maximum atomic E-state index is 12.5. The molecule has 1 fully saturated rings. The number of morpholine rings is 1. The lowest BCUT2D eigenvalue weighted by Crippen LogP contribution is -2.48. The molecule has 1 atom stereocenters. The highest BCUT2D eigenvalue weighted by atomic mass is 79.9. The monoisotopic (exact) mass is 368 g/mol. The number of hydrogen-bond acceptors (Lipinski definition) is 4. The molecule has 1 unspecified atom stereocenters. The number of nitrogens with two attached hydrogens (primary N) is 1. The molecular weight excluding hydrogens is 356 g/mol. The summed E-state index contributed by atoms with van der Waals surface area (Å²) in [5.41, 5.74) is 5.52. The first-order valence-corrected chi connectivity index (χ1v) is 8.33. The number of halogens is 2. The lowest BCUT2D eigenvalue weighted by molar-refractivity contribution is 0.00451. The highest BCUT2D eigenvalue weighted by molar-refractivity contribution is 9.10. The molecule has 1 heterocycles. The molecule has 5 nitrogen and oxygen atoms in total. The van der Waals surface area contributed by atoms with Crippen LogP contribution in [0.25, 0.3) is 0 Å². The summed E-state index contributed by atoms with van der Waals surface area (Å²) in [4.78, 5) is 0.0983. The van der Waals surface area contributed by atoms with E-state index in [1.54, 1.807) is 12.1 Å². The van der Waals surface area contributed by atoms with Crippen molar-refractivity contribution >= 4 is 37.6 Å². The van der Waals surface area contributed by atoms with E-state index in [2.05, 4.69) is 15.9 Å². The molecule has 0 aromatic heterocycles. The summed E-state index contributed by atoms with van der Waals surface area (Å²) in [6.45, 7) is 1.19. The summed E-state index contributed by atoms with van der Waals surface area (Å²) in [5.74, 6) is 0. The Bertz CT molecular complexity index is 567. The van der Waals surface area contributed by atoms with Crippen molar-refractivity contribution in [3.8, 4) is 0 Å². The summed E-state index contributed by atoms with van der Waals surface area (Å²) >= 11 is 9.29. The Balaban J connectivity index is 2.34. The van der Waals surface area contributed by atoms with Gasteiger partial charge in [0.15, 0.2) is 0 Å². The van der Waals surface area contributed by atoms with Crippen molar-refractivity contribution in [2.45, 2.75) is 11.0 Å². The molecule has 2 N–H and O–H groups in total. The first-order chi connectivity index (χ1) is 8.96. The van der Waals surface area contributed by atoms with E-state index in [0.29, 0.717) is 17.6 Å². The Labute approximate surface area is 125 Å². The Kier molecular flexibility index (Phi) is 4.86. The highest BCUT2D eigenvalue weighted by Gasteiger charge is 2.31. The molecule has 1 aromatic rings. The van der Waals surface area contributed by atoms with Crippen LogP contribution < -0.4 is 5.73 Å². The van der Waals surface area contributed by atoms with Crippen molar-refractivity contribution in [2.24, 2.45) is 5.73 Å². The molecule has 1 aliphatic rings. The van der Waals surface area contributed by atoms with Gasteiger partial charge in [-0.2, -0.15) is 4.31 Å². The predicted octanol–water partition coefficient (Wildman–Crippen LogP) is 1.45. The minimum absolute atomic E-state index is 0.0983. The minimum Gasteiger partial charge on any atom is -0.374 e. The van der Waals surface area contributed by atoms with E-state index in [0.717, 1.165) is 0 Å².